The van der Waals surface area contributed by atoms with Crippen LogP contribution in [0.3, 0.4) is 0 Å². The summed E-state index contributed by atoms with van der Waals surface area (Å²) >= 11 is 0. The lowest BCUT2D eigenvalue weighted by molar-refractivity contribution is -0.127. The molecule has 0 bridgehead atoms. The number of nitrogens with zero attached hydrogens (tertiary/aromatic N) is 1. The van der Waals surface area contributed by atoms with Crippen molar-refractivity contribution in [1.82, 2.24) is 5.32 Å². The van der Waals surface area contributed by atoms with Crippen molar-refractivity contribution in [3.8, 4) is 11.5 Å². The molecule has 0 fully saturated rings. The summed E-state index contributed by atoms with van der Waals surface area (Å²) in [5.74, 6) is 1.03. The summed E-state index contributed by atoms with van der Waals surface area (Å²) in [5, 5.41) is 2.83. The highest BCUT2D eigenvalue weighted by Gasteiger charge is 2.15. The first kappa shape index (κ1) is 21.6. The summed E-state index contributed by atoms with van der Waals surface area (Å²) in [6.45, 7) is 4.57. The van der Waals surface area contributed by atoms with Gasteiger partial charge in [0.15, 0.2) is 6.10 Å². The van der Waals surface area contributed by atoms with Gasteiger partial charge in [0, 0.05) is 13.6 Å². The van der Waals surface area contributed by atoms with Crippen LogP contribution in [0.1, 0.15) is 19.4 Å². The molecule has 0 saturated carbocycles. The molecule has 0 spiro atoms. The third-order valence-corrected chi connectivity index (χ3v) is 5.29. The number of anilines is 1. The number of amides is 1. The molecule has 152 valence electrons. The highest BCUT2D eigenvalue weighted by Crippen LogP contribution is 2.21. The van der Waals surface area contributed by atoms with E-state index in [1.807, 2.05) is 31.2 Å². The van der Waals surface area contributed by atoms with E-state index in [1.54, 1.807) is 31.2 Å². The zero-order chi connectivity index (χ0) is 20.7. The number of nitrogens with one attached hydrogen (secondary N) is 1. The van der Waals surface area contributed by atoms with Gasteiger partial charge in [0.05, 0.1) is 18.6 Å². The fraction of sp³-hybridized carbons (Fsp3) is 0.350. The second-order valence-electron chi connectivity index (χ2n) is 6.28. The highest BCUT2D eigenvalue weighted by atomic mass is 32.2. The van der Waals surface area contributed by atoms with Gasteiger partial charge in [-0.15, -0.1) is 0 Å². The fourth-order valence-electron chi connectivity index (χ4n) is 2.39. The predicted molar refractivity (Wildman–Crippen MR) is 109 cm³/mol. The third kappa shape index (κ3) is 6.16. The number of rotatable bonds is 9. The molecule has 0 aromatic heterocycles. The second-order valence-corrected chi connectivity index (χ2v) is 8.29. The largest absolute Gasteiger partial charge is 0.494 e. The number of hydrogen-bond donors (Lipinski definition) is 1. The van der Waals surface area contributed by atoms with Crippen LogP contribution in [0.25, 0.3) is 0 Å². The summed E-state index contributed by atoms with van der Waals surface area (Å²) in [4.78, 5) is 12.2. The minimum Gasteiger partial charge on any atom is -0.494 e. The molecule has 2 aromatic carbocycles. The molecule has 2 rings (SSSR count). The van der Waals surface area contributed by atoms with Gasteiger partial charge in [-0.3, -0.25) is 9.10 Å². The van der Waals surface area contributed by atoms with E-state index < -0.39 is 16.1 Å². The second kappa shape index (κ2) is 9.45. The summed E-state index contributed by atoms with van der Waals surface area (Å²) in [6, 6.07) is 14.0. The van der Waals surface area contributed by atoms with Crippen LogP contribution in [-0.2, 0) is 21.4 Å². The van der Waals surface area contributed by atoms with E-state index in [4.69, 9.17) is 9.47 Å². The maximum absolute atomic E-state index is 12.2. The van der Waals surface area contributed by atoms with Crippen molar-refractivity contribution in [1.29, 1.82) is 0 Å². The summed E-state index contributed by atoms with van der Waals surface area (Å²) in [7, 11) is -1.85. The number of benzene rings is 2. The molecular weight excluding hydrogens is 380 g/mol. The summed E-state index contributed by atoms with van der Waals surface area (Å²) < 4.78 is 35.3. The van der Waals surface area contributed by atoms with Gasteiger partial charge < -0.3 is 14.8 Å². The maximum atomic E-state index is 12.2. The van der Waals surface area contributed by atoms with E-state index >= 15 is 0 Å². The molecule has 8 heteroatoms. The van der Waals surface area contributed by atoms with E-state index in [9.17, 15) is 13.2 Å². The van der Waals surface area contributed by atoms with E-state index in [1.165, 1.54) is 11.4 Å². The molecule has 0 heterocycles. The van der Waals surface area contributed by atoms with E-state index in [0.29, 0.717) is 24.6 Å². The molecule has 0 radical (unpaired) electrons. The maximum Gasteiger partial charge on any atom is 0.261 e. The van der Waals surface area contributed by atoms with E-state index in [-0.39, 0.29) is 5.91 Å². The van der Waals surface area contributed by atoms with Crippen LogP contribution in [0.5, 0.6) is 11.5 Å². The zero-order valence-electron chi connectivity index (χ0n) is 16.5. The third-order valence-electron chi connectivity index (χ3n) is 4.08. The summed E-state index contributed by atoms with van der Waals surface area (Å²) in [5.41, 5.74) is 1.47. The molecule has 0 aliphatic rings. The molecule has 2 aromatic rings. The van der Waals surface area contributed by atoms with Crippen molar-refractivity contribution in [3.63, 3.8) is 0 Å². The molecule has 0 saturated heterocycles. The van der Waals surface area contributed by atoms with E-state index in [2.05, 4.69) is 5.32 Å². The van der Waals surface area contributed by atoms with Gasteiger partial charge in [-0.05, 0) is 55.8 Å². The Kier molecular flexibility index (Phi) is 7.28. The first-order valence-corrected chi connectivity index (χ1v) is 10.8. The van der Waals surface area contributed by atoms with Crippen LogP contribution >= 0.6 is 0 Å². The van der Waals surface area contributed by atoms with E-state index in [0.717, 1.165) is 17.6 Å². The highest BCUT2D eigenvalue weighted by molar-refractivity contribution is 7.92. The van der Waals surface area contributed by atoms with Crippen molar-refractivity contribution < 1.29 is 22.7 Å². The van der Waals surface area contributed by atoms with Crippen molar-refractivity contribution in [2.75, 3.05) is 24.2 Å². The SMILES string of the molecule is CCOc1ccc(CNC(=O)C(C)Oc2ccc(N(C)S(C)(=O)=O)cc2)cc1. The van der Waals surface area contributed by atoms with Gasteiger partial charge >= 0.3 is 0 Å². The smallest absolute Gasteiger partial charge is 0.261 e. The van der Waals surface area contributed by atoms with Gasteiger partial charge in [0.2, 0.25) is 10.0 Å². The Hall–Kier alpha value is -2.74. The number of ether oxygens (including phenoxy) is 2. The van der Waals surface area contributed by atoms with Crippen molar-refractivity contribution >= 4 is 21.6 Å². The van der Waals surface area contributed by atoms with Gasteiger partial charge in [0.25, 0.3) is 5.91 Å². The normalized spacial score (nSPS) is 12.1. The van der Waals surface area contributed by atoms with Gasteiger partial charge in [-0.25, -0.2) is 8.42 Å². The number of hydrogen-bond acceptors (Lipinski definition) is 5. The quantitative estimate of drug-likeness (QED) is 0.692. The van der Waals surface area contributed by atoms with Crippen LogP contribution in [0.15, 0.2) is 48.5 Å². The monoisotopic (exact) mass is 406 g/mol. The molecule has 1 amide bonds. The molecule has 1 N–H and O–H groups in total. The lowest BCUT2D eigenvalue weighted by atomic mass is 10.2. The van der Waals surface area contributed by atoms with Gasteiger partial charge in [-0.1, -0.05) is 12.1 Å². The minimum atomic E-state index is -3.32. The minimum absolute atomic E-state index is 0.244. The Labute approximate surface area is 166 Å². The van der Waals surface area contributed by atoms with Crippen LogP contribution in [0.4, 0.5) is 5.69 Å². The Morgan fingerprint density at radius 2 is 1.64 bits per heavy atom. The summed E-state index contributed by atoms with van der Waals surface area (Å²) in [6.07, 6.45) is 0.440. The Balaban J connectivity index is 1.88. The Morgan fingerprint density at radius 3 is 2.18 bits per heavy atom. The lowest BCUT2D eigenvalue weighted by Gasteiger charge is -2.18. The molecule has 1 unspecified atom stereocenters. The topological polar surface area (TPSA) is 84.9 Å². The number of carbonyl (C=O) groups is 1. The Morgan fingerprint density at radius 1 is 1.07 bits per heavy atom. The molecule has 0 aliphatic heterocycles. The van der Waals surface area contributed by atoms with Crippen LogP contribution in [0, 0.1) is 0 Å². The van der Waals surface area contributed by atoms with Crippen molar-refractivity contribution in [3.05, 3.63) is 54.1 Å². The molecular formula is C20H26N2O5S. The van der Waals surface area contributed by atoms with Crippen molar-refractivity contribution in [2.45, 2.75) is 26.5 Å². The standard InChI is InChI=1S/C20H26N2O5S/c1-5-26-18-10-6-16(7-11-18)14-21-20(23)15(2)27-19-12-8-17(9-13-19)22(3)28(4,24)25/h6-13,15H,5,14H2,1-4H3,(H,21,23). The number of sulfonamides is 1. The molecule has 28 heavy (non-hydrogen) atoms. The van der Waals surface area contributed by atoms with Crippen LogP contribution in [0.2, 0.25) is 0 Å². The average molecular weight is 407 g/mol. The van der Waals surface area contributed by atoms with Crippen molar-refractivity contribution in [2.24, 2.45) is 0 Å². The van der Waals surface area contributed by atoms with Gasteiger partial charge in [0.1, 0.15) is 11.5 Å². The lowest BCUT2D eigenvalue weighted by Crippen LogP contribution is -2.35. The Bertz CT molecular complexity index is 880. The van der Waals surface area contributed by atoms with Gasteiger partial charge in [-0.2, -0.15) is 0 Å². The van der Waals surface area contributed by atoms with Crippen LogP contribution < -0.4 is 19.1 Å². The molecule has 7 nitrogen and oxygen atoms in total. The fourth-order valence-corrected chi connectivity index (χ4v) is 2.89. The first-order valence-electron chi connectivity index (χ1n) is 8.90. The number of carbonyl (C=O) groups excluding carboxylic acids is 1. The molecule has 1 atom stereocenters. The predicted octanol–water partition coefficient (Wildman–Crippen LogP) is 2.56. The van der Waals surface area contributed by atoms with Crippen LogP contribution in [-0.4, -0.2) is 40.3 Å². The first-order chi connectivity index (χ1) is 13.2. The zero-order valence-corrected chi connectivity index (χ0v) is 17.3. The molecule has 0 aliphatic carbocycles. The average Bonchev–Trinajstić information content (AvgIpc) is 2.66.